The van der Waals surface area contributed by atoms with Crippen LogP contribution in [-0.2, 0) is 12.8 Å². The molecule has 10 nitrogen and oxygen atoms in total. The normalized spacial score (nSPS) is 12.4. The topological polar surface area (TPSA) is 147 Å². The second-order valence-corrected chi connectivity index (χ2v) is 6.96. The molecule has 3 aromatic rings. The van der Waals surface area contributed by atoms with Crippen LogP contribution in [0.1, 0.15) is 23.2 Å². The molecule has 2 N–H and O–H groups in total. The molecule has 1 aliphatic carbocycles. The molecule has 146 valence electrons. The lowest BCUT2D eigenvalue weighted by Gasteiger charge is -2.13. The number of fused-ring (bicyclic) bond motifs is 1. The average Bonchev–Trinajstić information content (AvgIpc) is 3.17. The summed E-state index contributed by atoms with van der Waals surface area (Å²) < 4.78 is 6.55. The summed E-state index contributed by atoms with van der Waals surface area (Å²) in [7, 11) is 0. The number of nitrogens with zero attached hydrogens (tertiary/aromatic N) is 4. The molecule has 0 amide bonds. The first-order valence-corrected chi connectivity index (χ1v) is 9.06. The zero-order valence-electron chi connectivity index (χ0n) is 14.5. The minimum atomic E-state index is -0.899. The Bertz CT molecular complexity index is 1350. The summed E-state index contributed by atoms with van der Waals surface area (Å²) in [6.07, 6.45) is 2.08. The van der Waals surface area contributed by atoms with Gasteiger partial charge in [-0.15, -0.1) is 10.2 Å². The van der Waals surface area contributed by atoms with Gasteiger partial charge in [-0.3, -0.25) is 14.6 Å². The van der Waals surface area contributed by atoms with Crippen LogP contribution in [-0.4, -0.2) is 25.0 Å². The van der Waals surface area contributed by atoms with E-state index >= 15 is 0 Å². The van der Waals surface area contributed by atoms with E-state index in [0.717, 1.165) is 11.1 Å². The Hall–Kier alpha value is -3.42. The number of nitriles is 1. The number of hydrogen-bond donors (Lipinski definition) is 2. The molecule has 0 fully saturated rings. The minimum absolute atomic E-state index is 0.0330. The maximum atomic E-state index is 12.0. The van der Waals surface area contributed by atoms with Crippen molar-refractivity contribution in [2.75, 3.05) is 0 Å². The number of hydrogen-bond acceptors (Lipinski definition) is 7. The van der Waals surface area contributed by atoms with Gasteiger partial charge in [0.05, 0.1) is 15.7 Å². The van der Waals surface area contributed by atoms with Crippen LogP contribution in [0.5, 0.6) is 11.6 Å². The van der Waals surface area contributed by atoms with Gasteiger partial charge in [-0.05, 0) is 31.4 Å². The fraction of sp³-hybridized carbons (Fsp3) is 0.176. The predicted octanol–water partition coefficient (Wildman–Crippen LogP) is 1.46. The van der Waals surface area contributed by atoms with E-state index in [1.165, 1.54) is 12.1 Å². The average molecular weight is 433 g/mol. The maximum absolute atomic E-state index is 12.0. The van der Waals surface area contributed by atoms with Crippen LogP contribution in [0.2, 0.25) is 10.0 Å². The highest BCUT2D eigenvalue weighted by Crippen LogP contribution is 2.39. The van der Waals surface area contributed by atoms with Crippen molar-refractivity contribution >= 4 is 23.2 Å². The first-order chi connectivity index (χ1) is 13.9. The number of aromatic nitrogens is 5. The highest BCUT2D eigenvalue weighted by Gasteiger charge is 2.23. The molecule has 0 spiro atoms. The van der Waals surface area contributed by atoms with Gasteiger partial charge in [0.25, 0.3) is 11.1 Å². The molecule has 2 aromatic heterocycles. The molecule has 0 saturated heterocycles. The van der Waals surface area contributed by atoms with E-state index in [1.54, 1.807) is 6.07 Å². The molecular formula is C17H10Cl2N6O4. The lowest BCUT2D eigenvalue weighted by Crippen LogP contribution is -2.33. The maximum Gasteiger partial charge on any atom is 0.349 e. The van der Waals surface area contributed by atoms with Gasteiger partial charge < -0.3 is 4.74 Å². The lowest BCUT2D eigenvalue weighted by molar-refractivity contribution is 0.448. The van der Waals surface area contributed by atoms with Crippen LogP contribution in [0.3, 0.4) is 0 Å². The van der Waals surface area contributed by atoms with E-state index in [2.05, 4.69) is 15.3 Å². The van der Waals surface area contributed by atoms with E-state index in [4.69, 9.17) is 33.2 Å². The molecule has 1 aromatic carbocycles. The second-order valence-electron chi connectivity index (χ2n) is 6.14. The molecule has 0 atom stereocenters. The van der Waals surface area contributed by atoms with E-state index < -0.39 is 16.9 Å². The molecule has 0 radical (unpaired) electrons. The number of halogens is 2. The van der Waals surface area contributed by atoms with Crippen molar-refractivity contribution in [1.82, 2.24) is 25.0 Å². The van der Waals surface area contributed by atoms with Crippen LogP contribution < -0.4 is 21.5 Å². The Morgan fingerprint density at radius 2 is 1.79 bits per heavy atom. The van der Waals surface area contributed by atoms with Gasteiger partial charge in [-0.1, -0.05) is 23.2 Å². The van der Waals surface area contributed by atoms with Gasteiger partial charge in [-0.25, -0.2) is 9.89 Å². The first-order valence-electron chi connectivity index (χ1n) is 8.30. The quantitative estimate of drug-likeness (QED) is 0.636. The van der Waals surface area contributed by atoms with Crippen LogP contribution in [0.25, 0.3) is 5.69 Å². The summed E-state index contributed by atoms with van der Waals surface area (Å²) in [4.78, 5) is 37.4. The van der Waals surface area contributed by atoms with E-state index in [1.807, 2.05) is 4.98 Å². The minimum Gasteiger partial charge on any atom is -0.434 e. The van der Waals surface area contributed by atoms with Gasteiger partial charge in [0, 0.05) is 11.1 Å². The van der Waals surface area contributed by atoms with E-state index in [-0.39, 0.29) is 32.9 Å². The van der Waals surface area contributed by atoms with Gasteiger partial charge >= 0.3 is 5.69 Å². The fourth-order valence-electron chi connectivity index (χ4n) is 3.06. The number of benzene rings is 1. The van der Waals surface area contributed by atoms with Crippen LogP contribution in [0.15, 0.2) is 26.5 Å². The summed E-state index contributed by atoms with van der Waals surface area (Å²) in [6, 6.07) is 4.26. The Morgan fingerprint density at radius 3 is 2.48 bits per heavy atom. The smallest absolute Gasteiger partial charge is 0.349 e. The van der Waals surface area contributed by atoms with Gasteiger partial charge in [0.15, 0.2) is 5.75 Å². The van der Waals surface area contributed by atoms with Crippen LogP contribution in [0, 0.1) is 11.3 Å². The molecular weight excluding hydrogens is 423 g/mol. The van der Waals surface area contributed by atoms with Crippen molar-refractivity contribution in [3.63, 3.8) is 0 Å². The lowest BCUT2D eigenvalue weighted by atomic mass is 10.2. The van der Waals surface area contributed by atoms with E-state index in [0.29, 0.717) is 24.0 Å². The SMILES string of the molecule is N#Cc1nn(-c2cc(Cl)c(Oc3n[nH]c(=O)c4c3CCC4)c(Cl)c2)c(=O)[nH]c1=O. The molecule has 0 bridgehead atoms. The standard InChI is InChI=1S/C17H10Cl2N6O4/c18-10-4-7(25-17(28)21-15(27)12(6-20)24-25)5-11(19)13(10)29-16-9-3-1-2-8(9)14(26)22-23-16/h4-5H,1-3H2,(H,22,26)(H,21,27,28). The Labute approximate surface area is 171 Å². The molecule has 12 heteroatoms. The number of H-pyrrole nitrogens is 2. The Kier molecular flexibility index (Phi) is 4.70. The van der Waals surface area contributed by atoms with Crippen molar-refractivity contribution in [3.05, 3.63) is 70.2 Å². The summed E-state index contributed by atoms with van der Waals surface area (Å²) in [5.74, 6) is 0.267. The number of nitrogens with one attached hydrogen (secondary N) is 2. The van der Waals surface area contributed by atoms with Crippen molar-refractivity contribution in [2.24, 2.45) is 0 Å². The number of aromatic amines is 2. The number of ether oxygens (including phenoxy) is 1. The Balaban J connectivity index is 1.78. The zero-order chi connectivity index (χ0) is 20.7. The first kappa shape index (κ1) is 18.9. The zero-order valence-corrected chi connectivity index (χ0v) is 16.0. The number of rotatable bonds is 3. The molecule has 2 heterocycles. The third kappa shape index (κ3) is 3.30. The predicted molar refractivity (Wildman–Crippen MR) is 102 cm³/mol. The molecule has 0 saturated carbocycles. The third-order valence-corrected chi connectivity index (χ3v) is 4.93. The molecule has 0 unspecified atom stereocenters. The monoisotopic (exact) mass is 432 g/mol. The largest absolute Gasteiger partial charge is 0.434 e. The highest BCUT2D eigenvalue weighted by molar-refractivity contribution is 6.37. The molecule has 4 rings (SSSR count). The van der Waals surface area contributed by atoms with Crippen molar-refractivity contribution in [3.8, 4) is 23.4 Å². The summed E-state index contributed by atoms with van der Waals surface area (Å²) >= 11 is 12.6. The van der Waals surface area contributed by atoms with Crippen molar-refractivity contribution in [2.45, 2.75) is 19.3 Å². The summed E-state index contributed by atoms with van der Waals surface area (Å²) in [6.45, 7) is 0. The third-order valence-electron chi connectivity index (χ3n) is 4.37. The second kappa shape index (κ2) is 7.20. The molecule has 1 aliphatic rings. The van der Waals surface area contributed by atoms with Crippen molar-refractivity contribution in [1.29, 1.82) is 5.26 Å². The summed E-state index contributed by atoms with van der Waals surface area (Å²) in [5, 5.41) is 19.0. The van der Waals surface area contributed by atoms with Crippen LogP contribution in [0.4, 0.5) is 0 Å². The molecule has 29 heavy (non-hydrogen) atoms. The van der Waals surface area contributed by atoms with Crippen molar-refractivity contribution < 1.29 is 4.74 Å². The Morgan fingerprint density at radius 1 is 1.10 bits per heavy atom. The van der Waals surface area contributed by atoms with E-state index in [9.17, 15) is 14.4 Å². The molecule has 0 aliphatic heterocycles. The van der Waals surface area contributed by atoms with Gasteiger partial charge in [-0.2, -0.15) is 9.94 Å². The van der Waals surface area contributed by atoms with Crippen LogP contribution >= 0.6 is 23.2 Å². The van der Waals surface area contributed by atoms with Gasteiger partial charge in [0.1, 0.15) is 6.07 Å². The summed E-state index contributed by atoms with van der Waals surface area (Å²) in [5.41, 5.74) is -1.09. The fourth-order valence-corrected chi connectivity index (χ4v) is 3.62. The van der Waals surface area contributed by atoms with Gasteiger partial charge in [0.2, 0.25) is 11.6 Å². The highest BCUT2D eigenvalue weighted by atomic mass is 35.5.